The molecule has 0 radical (unpaired) electrons. The average Bonchev–Trinajstić information content (AvgIpc) is 2.43. The predicted molar refractivity (Wildman–Crippen MR) is 106 cm³/mol. The fourth-order valence-corrected chi connectivity index (χ4v) is 2.00. The van der Waals surface area contributed by atoms with Gasteiger partial charge in [-0.15, -0.1) is 24.0 Å². The molecule has 1 aromatic carbocycles. The van der Waals surface area contributed by atoms with Gasteiger partial charge in [0, 0.05) is 12.2 Å². The molecule has 9 heteroatoms. The first kappa shape index (κ1) is 23.8. The minimum atomic E-state index is -4.18. The lowest BCUT2D eigenvalue weighted by Crippen LogP contribution is -2.32. The Kier molecular flexibility index (Phi) is 10.8. The molecule has 5 nitrogen and oxygen atoms in total. The summed E-state index contributed by atoms with van der Waals surface area (Å²) in [5, 5.41) is 2.93. The molecule has 0 aliphatic rings. The number of ether oxygens (including phenoxy) is 1. The van der Waals surface area contributed by atoms with Gasteiger partial charge in [-0.05, 0) is 58.1 Å². The van der Waals surface area contributed by atoms with Gasteiger partial charge in [0.2, 0.25) is 0 Å². The lowest BCUT2D eigenvalue weighted by atomic mass is 10.3. The molecule has 25 heavy (non-hydrogen) atoms. The molecule has 0 saturated heterocycles. The van der Waals surface area contributed by atoms with E-state index in [-0.39, 0.29) is 36.0 Å². The lowest BCUT2D eigenvalue weighted by Gasteiger charge is -2.17. The standard InChI is InChI=1S/C16H25F3N4O.HI/c1-12(2)24-14-7-5-13(6-8-14)22-15(20)21-9-4-10-23(3)11-16(17,18)19;/h5-8,12H,4,9-11H2,1-3H3,(H3,20,21,22);1H. The molecule has 3 N–H and O–H groups in total. The SMILES string of the molecule is CC(C)Oc1ccc(NC(N)=NCCCN(C)CC(F)(F)F)cc1.I. The van der Waals surface area contributed by atoms with Crippen LogP contribution in [0.4, 0.5) is 18.9 Å². The van der Waals surface area contributed by atoms with E-state index in [2.05, 4.69) is 10.3 Å². The van der Waals surface area contributed by atoms with Gasteiger partial charge in [-0.1, -0.05) is 0 Å². The molecule has 144 valence electrons. The van der Waals surface area contributed by atoms with Crippen molar-refractivity contribution in [2.45, 2.75) is 32.5 Å². The zero-order chi connectivity index (χ0) is 18.2. The fourth-order valence-electron chi connectivity index (χ4n) is 2.00. The van der Waals surface area contributed by atoms with Gasteiger partial charge in [-0.25, -0.2) is 0 Å². The van der Waals surface area contributed by atoms with Crippen LogP contribution < -0.4 is 15.8 Å². The first-order chi connectivity index (χ1) is 11.2. The van der Waals surface area contributed by atoms with Gasteiger partial charge in [0.1, 0.15) is 5.75 Å². The molecule has 0 aliphatic heterocycles. The quantitative estimate of drug-likeness (QED) is 0.261. The van der Waals surface area contributed by atoms with Crippen LogP contribution in [0.5, 0.6) is 5.75 Å². The summed E-state index contributed by atoms with van der Waals surface area (Å²) in [4.78, 5) is 5.32. The zero-order valence-electron chi connectivity index (χ0n) is 14.6. The van der Waals surface area contributed by atoms with E-state index >= 15 is 0 Å². The van der Waals surface area contributed by atoms with Crippen LogP contribution in [-0.4, -0.2) is 49.8 Å². The summed E-state index contributed by atoms with van der Waals surface area (Å²) in [6, 6.07) is 7.28. The molecule has 0 fully saturated rings. The maximum atomic E-state index is 12.2. The van der Waals surface area contributed by atoms with Gasteiger partial charge in [0.25, 0.3) is 0 Å². The van der Waals surface area contributed by atoms with Crippen LogP contribution >= 0.6 is 24.0 Å². The van der Waals surface area contributed by atoms with Crippen molar-refractivity contribution >= 4 is 35.6 Å². The van der Waals surface area contributed by atoms with Crippen molar-refractivity contribution in [2.24, 2.45) is 10.7 Å². The van der Waals surface area contributed by atoms with E-state index in [1.165, 1.54) is 11.9 Å². The number of halogens is 4. The number of nitrogens with zero attached hydrogens (tertiary/aromatic N) is 2. The molecule has 0 unspecified atom stereocenters. The van der Waals surface area contributed by atoms with Crippen LogP contribution in [0.1, 0.15) is 20.3 Å². The van der Waals surface area contributed by atoms with Crippen LogP contribution in [-0.2, 0) is 0 Å². The average molecular weight is 474 g/mol. The second-order valence-electron chi connectivity index (χ2n) is 5.79. The summed E-state index contributed by atoms with van der Waals surface area (Å²) >= 11 is 0. The van der Waals surface area contributed by atoms with E-state index in [1.807, 2.05) is 38.1 Å². The number of nitrogens with two attached hydrogens (primary N) is 1. The molecule has 0 spiro atoms. The Morgan fingerprint density at radius 1 is 1.28 bits per heavy atom. The number of alkyl halides is 3. The van der Waals surface area contributed by atoms with Crippen LogP contribution in [0, 0.1) is 0 Å². The van der Waals surface area contributed by atoms with Crippen molar-refractivity contribution in [1.82, 2.24) is 4.90 Å². The number of hydrogen-bond acceptors (Lipinski definition) is 3. The van der Waals surface area contributed by atoms with Gasteiger partial charge >= 0.3 is 6.18 Å². The highest BCUT2D eigenvalue weighted by atomic mass is 127. The van der Waals surface area contributed by atoms with Crippen LogP contribution in [0.25, 0.3) is 0 Å². The third kappa shape index (κ3) is 11.9. The van der Waals surface area contributed by atoms with Crippen molar-refractivity contribution in [3.8, 4) is 5.75 Å². The summed E-state index contributed by atoms with van der Waals surface area (Å²) in [5.41, 5.74) is 6.52. The summed E-state index contributed by atoms with van der Waals surface area (Å²) in [5.74, 6) is 0.991. The molecule has 1 aromatic rings. The Hall–Kier alpha value is -1.23. The molecule has 0 atom stereocenters. The van der Waals surface area contributed by atoms with Gasteiger partial charge < -0.3 is 15.8 Å². The topological polar surface area (TPSA) is 62.9 Å². The molecule has 0 amide bonds. The molecule has 1 rings (SSSR count). The van der Waals surface area contributed by atoms with Crippen LogP contribution in [0.3, 0.4) is 0 Å². The molecule has 0 aliphatic carbocycles. The Labute approximate surface area is 163 Å². The highest BCUT2D eigenvalue weighted by Crippen LogP contribution is 2.17. The number of nitrogens with one attached hydrogen (secondary N) is 1. The van der Waals surface area contributed by atoms with E-state index in [0.717, 1.165) is 11.4 Å². The van der Waals surface area contributed by atoms with E-state index in [9.17, 15) is 13.2 Å². The highest BCUT2D eigenvalue weighted by molar-refractivity contribution is 14.0. The largest absolute Gasteiger partial charge is 0.491 e. The normalized spacial score (nSPS) is 12.2. The monoisotopic (exact) mass is 474 g/mol. The van der Waals surface area contributed by atoms with E-state index in [4.69, 9.17) is 10.5 Å². The summed E-state index contributed by atoms with van der Waals surface area (Å²) < 4.78 is 42.1. The van der Waals surface area contributed by atoms with Crippen LogP contribution in [0.15, 0.2) is 29.3 Å². The number of rotatable bonds is 8. The van der Waals surface area contributed by atoms with E-state index < -0.39 is 12.7 Å². The highest BCUT2D eigenvalue weighted by Gasteiger charge is 2.28. The molecular formula is C16H26F3IN4O. The first-order valence-electron chi connectivity index (χ1n) is 7.74. The summed E-state index contributed by atoms with van der Waals surface area (Å²) in [6.07, 6.45) is -3.58. The third-order valence-corrected chi connectivity index (χ3v) is 2.93. The number of hydrogen-bond donors (Lipinski definition) is 2. The maximum Gasteiger partial charge on any atom is 0.401 e. The van der Waals surface area contributed by atoms with Gasteiger partial charge in [0.15, 0.2) is 5.96 Å². The lowest BCUT2D eigenvalue weighted by molar-refractivity contribution is -0.143. The molecule has 0 heterocycles. The minimum Gasteiger partial charge on any atom is -0.491 e. The minimum absolute atomic E-state index is 0. The first-order valence-corrected chi connectivity index (χ1v) is 7.74. The Morgan fingerprint density at radius 3 is 2.40 bits per heavy atom. The van der Waals surface area contributed by atoms with Gasteiger partial charge in [0.05, 0.1) is 12.6 Å². The van der Waals surface area contributed by atoms with Gasteiger partial charge in [-0.3, -0.25) is 9.89 Å². The Bertz CT molecular complexity index is 521. The van der Waals surface area contributed by atoms with E-state index in [0.29, 0.717) is 19.5 Å². The predicted octanol–water partition coefficient (Wildman–Crippen LogP) is 3.70. The second-order valence-corrected chi connectivity index (χ2v) is 5.79. The number of guanidine groups is 1. The Balaban J connectivity index is 0.00000576. The van der Waals surface area contributed by atoms with Gasteiger partial charge in [-0.2, -0.15) is 13.2 Å². The molecular weight excluding hydrogens is 448 g/mol. The number of aliphatic imine (C=N–C) groups is 1. The van der Waals surface area contributed by atoms with Crippen molar-refractivity contribution in [3.05, 3.63) is 24.3 Å². The van der Waals surface area contributed by atoms with Crippen molar-refractivity contribution in [3.63, 3.8) is 0 Å². The van der Waals surface area contributed by atoms with Crippen molar-refractivity contribution in [2.75, 3.05) is 32.0 Å². The summed E-state index contributed by atoms with van der Waals surface area (Å²) in [7, 11) is 1.43. The zero-order valence-corrected chi connectivity index (χ0v) is 17.0. The maximum absolute atomic E-state index is 12.2. The van der Waals surface area contributed by atoms with Crippen molar-refractivity contribution < 1.29 is 17.9 Å². The van der Waals surface area contributed by atoms with E-state index in [1.54, 1.807) is 0 Å². The third-order valence-electron chi connectivity index (χ3n) is 2.93. The fraction of sp³-hybridized carbons (Fsp3) is 0.562. The Morgan fingerprint density at radius 2 is 1.88 bits per heavy atom. The molecule has 0 aromatic heterocycles. The molecule has 0 saturated carbocycles. The molecule has 0 bridgehead atoms. The number of benzene rings is 1. The van der Waals surface area contributed by atoms with Crippen molar-refractivity contribution in [1.29, 1.82) is 0 Å². The van der Waals surface area contributed by atoms with Crippen LogP contribution in [0.2, 0.25) is 0 Å². The smallest absolute Gasteiger partial charge is 0.401 e. The second kappa shape index (κ2) is 11.4. The summed E-state index contributed by atoms with van der Waals surface area (Å²) in [6.45, 7) is 3.63. The number of anilines is 1.